The van der Waals surface area contributed by atoms with Crippen LogP contribution in [0.25, 0.3) is 0 Å². The van der Waals surface area contributed by atoms with Crippen molar-refractivity contribution < 1.29 is 13.2 Å². The largest absolute Gasteiger partial charge is 0.377 e. The fourth-order valence-electron chi connectivity index (χ4n) is 2.69. The zero-order valence-corrected chi connectivity index (χ0v) is 11.9. The van der Waals surface area contributed by atoms with Gasteiger partial charge >= 0.3 is 0 Å². The van der Waals surface area contributed by atoms with Crippen molar-refractivity contribution in [3.05, 3.63) is 0 Å². The molecule has 0 aromatic heterocycles. The summed E-state index contributed by atoms with van der Waals surface area (Å²) >= 11 is 0. The monoisotopic (exact) mass is 276 g/mol. The van der Waals surface area contributed by atoms with Crippen LogP contribution in [0.5, 0.6) is 0 Å². The smallest absolute Gasteiger partial charge is 0.216 e. The molecular formula is C12H24N2O3S. The highest BCUT2D eigenvalue weighted by Gasteiger charge is 2.28. The van der Waals surface area contributed by atoms with Crippen molar-refractivity contribution in [2.45, 2.75) is 31.8 Å². The molecule has 6 heteroatoms. The molecule has 0 spiro atoms. The summed E-state index contributed by atoms with van der Waals surface area (Å²) < 4.78 is 31.3. The maximum absolute atomic E-state index is 12.2. The Bertz CT molecular complexity index is 346. The van der Waals surface area contributed by atoms with Gasteiger partial charge in [0.2, 0.25) is 10.0 Å². The first-order valence-corrected chi connectivity index (χ1v) is 8.45. The molecular weight excluding hydrogens is 252 g/mol. The number of hydrogen-bond acceptors (Lipinski definition) is 4. The zero-order valence-electron chi connectivity index (χ0n) is 11.1. The van der Waals surface area contributed by atoms with E-state index in [1.165, 1.54) is 4.31 Å². The minimum atomic E-state index is -3.16. The van der Waals surface area contributed by atoms with Gasteiger partial charge in [0.1, 0.15) is 0 Å². The van der Waals surface area contributed by atoms with E-state index in [-0.39, 0.29) is 11.9 Å². The lowest BCUT2D eigenvalue weighted by molar-refractivity contribution is 0.126. The summed E-state index contributed by atoms with van der Waals surface area (Å²) in [6.45, 7) is 3.32. The number of nitrogens with one attached hydrogen (secondary N) is 1. The van der Waals surface area contributed by atoms with Crippen LogP contribution < -0.4 is 5.32 Å². The van der Waals surface area contributed by atoms with Crippen molar-refractivity contribution in [3.63, 3.8) is 0 Å². The Hall–Kier alpha value is -0.170. The minimum Gasteiger partial charge on any atom is -0.377 e. The predicted molar refractivity (Wildman–Crippen MR) is 71.0 cm³/mol. The van der Waals surface area contributed by atoms with Gasteiger partial charge in [0, 0.05) is 20.2 Å². The summed E-state index contributed by atoms with van der Waals surface area (Å²) in [5.41, 5.74) is 0. The van der Waals surface area contributed by atoms with Gasteiger partial charge in [-0.3, -0.25) is 0 Å². The van der Waals surface area contributed by atoms with Crippen molar-refractivity contribution >= 4 is 10.0 Å². The third kappa shape index (κ3) is 3.91. The van der Waals surface area contributed by atoms with E-state index in [9.17, 15) is 8.42 Å². The molecule has 0 aromatic carbocycles. The van der Waals surface area contributed by atoms with Gasteiger partial charge in [-0.05, 0) is 44.7 Å². The maximum Gasteiger partial charge on any atom is 0.216 e. The van der Waals surface area contributed by atoms with E-state index in [1.807, 2.05) is 0 Å². The molecule has 2 atom stereocenters. The van der Waals surface area contributed by atoms with Crippen LogP contribution in [0.2, 0.25) is 0 Å². The Kier molecular flexibility index (Phi) is 5.00. The lowest BCUT2D eigenvalue weighted by atomic mass is 10.00. The number of piperidine rings is 1. The Labute approximate surface area is 110 Å². The molecule has 2 fully saturated rings. The van der Waals surface area contributed by atoms with E-state index < -0.39 is 10.0 Å². The van der Waals surface area contributed by atoms with Crippen molar-refractivity contribution in [1.82, 2.24) is 9.62 Å². The molecule has 0 saturated carbocycles. The van der Waals surface area contributed by atoms with Gasteiger partial charge < -0.3 is 10.1 Å². The lowest BCUT2D eigenvalue weighted by Gasteiger charge is -2.27. The summed E-state index contributed by atoms with van der Waals surface area (Å²) in [6.07, 6.45) is 4.02. The van der Waals surface area contributed by atoms with Crippen LogP contribution in [0, 0.1) is 5.92 Å². The number of hydrogen-bond donors (Lipinski definition) is 1. The highest BCUT2D eigenvalue weighted by atomic mass is 32.2. The standard InChI is InChI=1S/C12H24N2O3S/c1-14(9-11-4-2-6-13-8-11)18(15,16)10-12-5-3-7-17-12/h11-13H,2-10H2,1H3. The molecule has 2 rings (SSSR count). The fourth-order valence-corrected chi connectivity index (χ4v) is 4.12. The molecule has 0 aliphatic carbocycles. The highest BCUT2D eigenvalue weighted by molar-refractivity contribution is 7.89. The van der Waals surface area contributed by atoms with Crippen LogP contribution in [0.4, 0.5) is 0 Å². The molecule has 2 aliphatic rings. The molecule has 0 radical (unpaired) electrons. The van der Waals surface area contributed by atoms with Gasteiger partial charge in [-0.1, -0.05) is 0 Å². The number of ether oxygens (including phenoxy) is 1. The van der Waals surface area contributed by atoms with Crippen LogP contribution >= 0.6 is 0 Å². The topological polar surface area (TPSA) is 58.6 Å². The van der Waals surface area contributed by atoms with E-state index >= 15 is 0 Å². The molecule has 2 aliphatic heterocycles. The fraction of sp³-hybridized carbons (Fsp3) is 1.00. The second kappa shape index (κ2) is 6.32. The Morgan fingerprint density at radius 1 is 1.33 bits per heavy atom. The normalized spacial score (nSPS) is 29.9. The maximum atomic E-state index is 12.2. The van der Waals surface area contributed by atoms with Crippen LogP contribution in [-0.2, 0) is 14.8 Å². The van der Waals surface area contributed by atoms with Gasteiger partial charge in [0.15, 0.2) is 0 Å². The molecule has 0 aromatic rings. The van der Waals surface area contributed by atoms with E-state index in [1.54, 1.807) is 7.05 Å². The molecule has 106 valence electrons. The van der Waals surface area contributed by atoms with Crippen LogP contribution in [0.3, 0.4) is 0 Å². The summed E-state index contributed by atoms with van der Waals surface area (Å²) in [4.78, 5) is 0. The Balaban J connectivity index is 1.83. The quantitative estimate of drug-likeness (QED) is 0.791. The third-order valence-electron chi connectivity index (χ3n) is 3.81. The third-order valence-corrected chi connectivity index (χ3v) is 5.70. The molecule has 2 unspecified atom stereocenters. The second-order valence-corrected chi connectivity index (χ2v) is 7.53. The van der Waals surface area contributed by atoms with Gasteiger partial charge in [0.05, 0.1) is 11.9 Å². The van der Waals surface area contributed by atoms with Gasteiger partial charge in [-0.25, -0.2) is 12.7 Å². The number of sulfonamides is 1. The van der Waals surface area contributed by atoms with E-state index in [2.05, 4.69) is 5.32 Å². The average Bonchev–Trinajstić information content (AvgIpc) is 2.82. The van der Waals surface area contributed by atoms with Crippen LogP contribution in [-0.4, -0.2) is 57.9 Å². The first-order valence-electron chi connectivity index (χ1n) is 6.84. The zero-order chi connectivity index (χ0) is 13.0. The summed E-state index contributed by atoms with van der Waals surface area (Å²) in [5.74, 6) is 0.590. The molecule has 2 saturated heterocycles. The van der Waals surface area contributed by atoms with Crippen molar-refractivity contribution in [2.75, 3.05) is 39.0 Å². The second-order valence-electron chi connectivity index (χ2n) is 5.41. The van der Waals surface area contributed by atoms with E-state index in [0.29, 0.717) is 19.1 Å². The summed E-state index contributed by atoms with van der Waals surface area (Å²) in [6, 6.07) is 0. The summed E-state index contributed by atoms with van der Waals surface area (Å²) in [7, 11) is -1.47. The Morgan fingerprint density at radius 3 is 2.78 bits per heavy atom. The minimum absolute atomic E-state index is 0.0954. The highest BCUT2D eigenvalue weighted by Crippen LogP contribution is 2.17. The first kappa shape index (κ1) is 14.2. The SMILES string of the molecule is CN(CC1CCCNC1)S(=O)(=O)CC1CCCO1. The van der Waals surface area contributed by atoms with Gasteiger partial charge in [-0.2, -0.15) is 0 Å². The van der Waals surface area contributed by atoms with Gasteiger partial charge in [-0.15, -0.1) is 0 Å². The van der Waals surface area contributed by atoms with Crippen molar-refractivity contribution in [1.29, 1.82) is 0 Å². The predicted octanol–water partition coefficient (Wildman–Crippen LogP) is 0.427. The molecule has 18 heavy (non-hydrogen) atoms. The molecule has 5 nitrogen and oxygen atoms in total. The average molecular weight is 276 g/mol. The van der Waals surface area contributed by atoms with Crippen molar-refractivity contribution in [3.8, 4) is 0 Å². The molecule has 0 bridgehead atoms. The molecule has 2 heterocycles. The van der Waals surface area contributed by atoms with Gasteiger partial charge in [0.25, 0.3) is 0 Å². The van der Waals surface area contributed by atoms with Crippen LogP contribution in [0.15, 0.2) is 0 Å². The van der Waals surface area contributed by atoms with Crippen LogP contribution in [0.1, 0.15) is 25.7 Å². The number of rotatable bonds is 5. The van der Waals surface area contributed by atoms with Crippen molar-refractivity contribution in [2.24, 2.45) is 5.92 Å². The Morgan fingerprint density at radius 2 is 2.17 bits per heavy atom. The first-order chi connectivity index (χ1) is 8.58. The number of nitrogens with zero attached hydrogens (tertiary/aromatic N) is 1. The van der Waals surface area contributed by atoms with E-state index in [4.69, 9.17) is 4.74 Å². The molecule has 0 amide bonds. The van der Waals surface area contributed by atoms with E-state index in [0.717, 1.165) is 38.8 Å². The lowest BCUT2D eigenvalue weighted by Crippen LogP contribution is -2.41. The summed E-state index contributed by atoms with van der Waals surface area (Å²) in [5, 5.41) is 3.32. The molecule has 1 N–H and O–H groups in total.